The molecule has 3 fully saturated rings. The van der Waals surface area contributed by atoms with Gasteiger partial charge in [0.1, 0.15) is 0 Å². The van der Waals surface area contributed by atoms with Gasteiger partial charge >= 0.3 is 5.97 Å². The Kier molecular flexibility index (Phi) is 6.69. The first-order valence-electron chi connectivity index (χ1n) is 13.5. The molecule has 0 aromatic rings. The molecular formula is C29H46O3. The molecule has 32 heavy (non-hydrogen) atoms. The highest BCUT2D eigenvalue weighted by Crippen LogP contribution is 2.67. The summed E-state index contributed by atoms with van der Waals surface area (Å²) >= 11 is 0. The highest BCUT2D eigenvalue weighted by atomic mass is 16.5. The maximum absolute atomic E-state index is 12.6. The van der Waals surface area contributed by atoms with Crippen LogP contribution in [0, 0.1) is 46.3 Å². The minimum atomic E-state index is -0.578. The summed E-state index contributed by atoms with van der Waals surface area (Å²) < 4.78 is 5.47. The number of hydrogen-bond acceptors (Lipinski definition) is 3. The SMILES string of the molecule is CC(=O)O[C@@H]1C[C@]2(C)C(=CC1=O)CC[C@H]1[C@H]3CC[C@H]([C@H](C)CCCC(C)C)[C@]3(C)CC[C@@H]12. The van der Waals surface area contributed by atoms with Crippen LogP contribution in [0.15, 0.2) is 11.6 Å². The van der Waals surface area contributed by atoms with Gasteiger partial charge in [0.15, 0.2) is 11.9 Å². The van der Waals surface area contributed by atoms with Gasteiger partial charge in [0.2, 0.25) is 0 Å². The van der Waals surface area contributed by atoms with Gasteiger partial charge in [-0.25, -0.2) is 0 Å². The van der Waals surface area contributed by atoms with Crippen molar-refractivity contribution in [3.05, 3.63) is 11.6 Å². The number of esters is 1. The lowest BCUT2D eigenvalue weighted by Gasteiger charge is -2.59. The van der Waals surface area contributed by atoms with E-state index in [1.165, 1.54) is 63.9 Å². The van der Waals surface area contributed by atoms with E-state index in [4.69, 9.17) is 4.74 Å². The van der Waals surface area contributed by atoms with Gasteiger partial charge in [-0.15, -0.1) is 0 Å². The monoisotopic (exact) mass is 442 g/mol. The highest BCUT2D eigenvalue weighted by molar-refractivity contribution is 5.96. The summed E-state index contributed by atoms with van der Waals surface area (Å²) in [6.07, 6.45) is 13.8. The van der Waals surface area contributed by atoms with E-state index in [0.717, 1.165) is 36.0 Å². The first-order chi connectivity index (χ1) is 15.1. The lowest BCUT2D eigenvalue weighted by Crippen LogP contribution is -2.53. The number of hydrogen-bond donors (Lipinski definition) is 0. The lowest BCUT2D eigenvalue weighted by atomic mass is 9.46. The van der Waals surface area contributed by atoms with Crippen molar-refractivity contribution in [3.8, 4) is 0 Å². The molecule has 4 aliphatic carbocycles. The van der Waals surface area contributed by atoms with Gasteiger partial charge in [0, 0.05) is 13.3 Å². The fourth-order valence-corrected chi connectivity index (χ4v) is 8.92. The number of carbonyl (C=O) groups excluding carboxylic acids is 2. The predicted molar refractivity (Wildman–Crippen MR) is 129 cm³/mol. The standard InChI is InChI=1S/C29H46O3/c1-18(2)8-7-9-19(3)23-12-13-24-22-11-10-21-16-26(31)27(32-20(4)30)17-29(21,6)25(22)14-15-28(23,24)5/h16,18-19,22-25,27H,7-15,17H2,1-6H3/t19-,22+,23-,24-,25+,27-,28+,29-/m1/s1. The van der Waals surface area contributed by atoms with E-state index >= 15 is 0 Å². The van der Waals surface area contributed by atoms with Crippen LogP contribution in [-0.4, -0.2) is 17.9 Å². The summed E-state index contributed by atoms with van der Waals surface area (Å²) in [5, 5.41) is 0. The van der Waals surface area contributed by atoms with Crippen molar-refractivity contribution in [1.82, 2.24) is 0 Å². The number of ketones is 1. The molecule has 0 aromatic carbocycles. The van der Waals surface area contributed by atoms with E-state index in [2.05, 4.69) is 34.6 Å². The fraction of sp³-hybridized carbons (Fsp3) is 0.862. The van der Waals surface area contributed by atoms with Crippen LogP contribution in [-0.2, 0) is 14.3 Å². The van der Waals surface area contributed by atoms with E-state index < -0.39 is 6.10 Å². The van der Waals surface area contributed by atoms with Gasteiger partial charge in [-0.1, -0.05) is 59.5 Å². The molecule has 0 spiro atoms. The second kappa shape index (κ2) is 8.91. The van der Waals surface area contributed by atoms with Crippen molar-refractivity contribution in [2.75, 3.05) is 0 Å². The summed E-state index contributed by atoms with van der Waals surface area (Å²) in [6.45, 7) is 13.6. The molecule has 0 unspecified atom stereocenters. The molecule has 8 atom stereocenters. The molecule has 0 N–H and O–H groups in total. The molecule has 180 valence electrons. The second-order valence-corrected chi connectivity index (χ2v) is 12.7. The van der Waals surface area contributed by atoms with E-state index in [-0.39, 0.29) is 17.2 Å². The number of fused-ring (bicyclic) bond motifs is 5. The molecule has 0 heterocycles. The summed E-state index contributed by atoms with van der Waals surface area (Å²) in [7, 11) is 0. The minimum absolute atomic E-state index is 0.00271. The highest BCUT2D eigenvalue weighted by Gasteiger charge is 2.60. The third-order valence-corrected chi connectivity index (χ3v) is 10.5. The van der Waals surface area contributed by atoms with Gasteiger partial charge < -0.3 is 4.74 Å². The largest absolute Gasteiger partial charge is 0.454 e. The smallest absolute Gasteiger partial charge is 0.303 e. The van der Waals surface area contributed by atoms with Crippen LogP contribution >= 0.6 is 0 Å². The Labute approximate surface area is 196 Å². The molecule has 0 aromatic heterocycles. The molecule has 3 heteroatoms. The van der Waals surface area contributed by atoms with Gasteiger partial charge in [-0.05, 0) is 90.9 Å². The van der Waals surface area contributed by atoms with Crippen LogP contribution in [0.1, 0.15) is 106 Å². The van der Waals surface area contributed by atoms with Crippen molar-refractivity contribution >= 4 is 11.8 Å². The van der Waals surface area contributed by atoms with E-state index in [9.17, 15) is 9.59 Å². The zero-order valence-electron chi connectivity index (χ0n) is 21.4. The average molecular weight is 443 g/mol. The summed E-state index contributed by atoms with van der Waals surface area (Å²) in [5.74, 6) is 4.38. The molecular weight excluding hydrogens is 396 g/mol. The molecule has 3 saturated carbocycles. The number of allylic oxidation sites excluding steroid dienone is 1. The topological polar surface area (TPSA) is 43.4 Å². The Morgan fingerprint density at radius 1 is 1.09 bits per heavy atom. The van der Waals surface area contributed by atoms with E-state index in [1.807, 2.05) is 6.08 Å². The minimum Gasteiger partial charge on any atom is -0.454 e. The average Bonchev–Trinajstić information content (AvgIpc) is 3.05. The summed E-state index contributed by atoms with van der Waals surface area (Å²) in [4.78, 5) is 24.2. The van der Waals surface area contributed by atoms with Crippen molar-refractivity contribution in [3.63, 3.8) is 0 Å². The molecule has 3 nitrogen and oxygen atoms in total. The molecule has 4 rings (SSSR count). The van der Waals surface area contributed by atoms with Crippen LogP contribution in [0.3, 0.4) is 0 Å². The zero-order valence-corrected chi connectivity index (χ0v) is 21.4. The normalized spacial score (nSPS) is 42.0. The fourth-order valence-electron chi connectivity index (χ4n) is 8.92. The van der Waals surface area contributed by atoms with Crippen LogP contribution in [0.5, 0.6) is 0 Å². The van der Waals surface area contributed by atoms with Crippen LogP contribution in [0.4, 0.5) is 0 Å². The molecule has 0 aliphatic heterocycles. The third kappa shape index (κ3) is 4.11. The van der Waals surface area contributed by atoms with Gasteiger partial charge in [-0.3, -0.25) is 9.59 Å². The summed E-state index contributed by atoms with van der Waals surface area (Å²) in [6, 6.07) is 0. The molecule has 0 radical (unpaired) electrons. The van der Waals surface area contributed by atoms with Gasteiger partial charge in [0.25, 0.3) is 0 Å². The maximum atomic E-state index is 12.6. The van der Waals surface area contributed by atoms with E-state index in [0.29, 0.717) is 17.8 Å². The molecule has 4 aliphatic rings. The second-order valence-electron chi connectivity index (χ2n) is 12.7. The quantitative estimate of drug-likeness (QED) is 0.411. The Morgan fingerprint density at radius 3 is 2.53 bits per heavy atom. The van der Waals surface area contributed by atoms with Gasteiger partial charge in [0.05, 0.1) is 0 Å². The van der Waals surface area contributed by atoms with E-state index in [1.54, 1.807) is 0 Å². The van der Waals surface area contributed by atoms with Crippen molar-refractivity contribution in [1.29, 1.82) is 0 Å². The van der Waals surface area contributed by atoms with Gasteiger partial charge in [-0.2, -0.15) is 0 Å². The Hall–Kier alpha value is -1.12. The Morgan fingerprint density at radius 2 is 1.84 bits per heavy atom. The number of carbonyl (C=O) groups is 2. The van der Waals surface area contributed by atoms with Crippen LogP contribution in [0.2, 0.25) is 0 Å². The van der Waals surface area contributed by atoms with Crippen LogP contribution in [0.25, 0.3) is 0 Å². The number of ether oxygens (including phenoxy) is 1. The first kappa shape index (κ1) is 24.0. The summed E-state index contributed by atoms with van der Waals surface area (Å²) in [5.41, 5.74) is 1.84. The first-order valence-corrected chi connectivity index (χ1v) is 13.5. The maximum Gasteiger partial charge on any atom is 0.303 e. The Bertz CT molecular complexity index is 766. The molecule has 0 bridgehead atoms. The lowest BCUT2D eigenvalue weighted by molar-refractivity contribution is -0.156. The van der Waals surface area contributed by atoms with Crippen LogP contribution < -0.4 is 0 Å². The predicted octanol–water partition coefficient (Wildman–Crippen LogP) is 7.14. The zero-order chi connectivity index (χ0) is 23.3. The number of rotatable bonds is 6. The molecule has 0 saturated heterocycles. The third-order valence-electron chi connectivity index (χ3n) is 10.5. The Balaban J connectivity index is 1.51. The van der Waals surface area contributed by atoms with Crippen molar-refractivity contribution in [2.24, 2.45) is 46.3 Å². The van der Waals surface area contributed by atoms with Crippen molar-refractivity contribution < 1.29 is 14.3 Å². The van der Waals surface area contributed by atoms with Crippen molar-refractivity contribution in [2.45, 2.75) is 112 Å². The molecule has 0 amide bonds.